The van der Waals surface area contributed by atoms with Crippen LogP contribution in [0.15, 0.2) is 35.9 Å². The molecule has 16 nitrogen and oxygen atoms in total. The zero-order valence-corrected chi connectivity index (χ0v) is 40.1. The number of alkyl carbamates (subject to hydrolysis) is 1. The molecule has 350 valence electrons. The van der Waals surface area contributed by atoms with E-state index in [0.29, 0.717) is 23.6 Å². The third-order valence-electron chi connectivity index (χ3n) is 12.2. The predicted octanol–water partition coefficient (Wildman–Crippen LogP) is 5.93. The Kier molecular flexibility index (Phi) is 17.8. The number of aryl methyl sites for hydroxylation is 1. The van der Waals surface area contributed by atoms with Crippen LogP contribution in [0.4, 0.5) is 10.5 Å². The number of benzene rings is 1. The Balaban J connectivity index is 1.54. The number of anilines is 1. The van der Waals surface area contributed by atoms with E-state index in [2.05, 4.69) is 10.2 Å². The van der Waals surface area contributed by atoms with E-state index in [-0.39, 0.29) is 44.0 Å². The molecular weight excluding hydrogens is 876 g/mol. The van der Waals surface area contributed by atoms with Gasteiger partial charge in [0.05, 0.1) is 29.2 Å². The minimum Gasteiger partial charge on any atom is -0.481 e. The number of carbonyl (C=O) groups is 6. The minimum absolute atomic E-state index is 0.0344. The van der Waals surface area contributed by atoms with Gasteiger partial charge in [0.1, 0.15) is 36.2 Å². The first-order valence-electron chi connectivity index (χ1n) is 20.9. The number of carbonyl (C=O) groups excluding carboxylic acids is 5. The van der Waals surface area contributed by atoms with Crippen LogP contribution in [0.25, 0.3) is 0 Å². The second-order valence-corrected chi connectivity index (χ2v) is 21.3. The van der Waals surface area contributed by atoms with Crippen LogP contribution in [0.2, 0.25) is 5.02 Å². The zero-order chi connectivity index (χ0) is 47.2. The molecule has 9 atom stereocenters. The number of nitrogens with zero attached hydrogens (tertiary/aromatic N) is 2. The summed E-state index contributed by atoms with van der Waals surface area (Å²) in [6.45, 7) is 14.1. The van der Waals surface area contributed by atoms with Gasteiger partial charge in [-0.2, -0.15) is 0 Å². The molecule has 4 bridgehead atoms. The summed E-state index contributed by atoms with van der Waals surface area (Å²) < 4.78 is 17.7. The lowest BCUT2D eigenvalue weighted by atomic mass is 9.82. The van der Waals surface area contributed by atoms with Gasteiger partial charge in [-0.15, -0.1) is 0 Å². The fourth-order valence-corrected chi connectivity index (χ4v) is 10.8. The number of Topliss-reactive ketones (excluding diaryl/α,β-unsaturated/α-hetero) is 1. The highest BCUT2D eigenvalue weighted by Gasteiger charge is 2.64. The number of ketones is 1. The highest BCUT2D eigenvalue weighted by molar-refractivity contribution is 8.77. The SMILES string of the molecule is C/C1=C\C=C\C(C)C2(O)CC(OC(=O)N2)C(C)C2OC2(C)C(OC(=O)C(C)N(C)C(=O)CCC(C)(C)SSCC(CC(=O)CON)C(=O)O)CC(=O)N(C)c2cc(cc(C)c2Cl)C1. The predicted molar refractivity (Wildman–Crippen MR) is 242 cm³/mol. The summed E-state index contributed by atoms with van der Waals surface area (Å²) in [4.78, 5) is 85.3. The van der Waals surface area contributed by atoms with Crippen LogP contribution in [0.5, 0.6) is 0 Å². The average molecular weight is 940 g/mol. The summed E-state index contributed by atoms with van der Waals surface area (Å²) in [6, 6.07) is 2.73. The first kappa shape index (κ1) is 52.0. The van der Waals surface area contributed by atoms with Gasteiger partial charge >= 0.3 is 18.0 Å². The maximum Gasteiger partial charge on any atom is 0.409 e. The van der Waals surface area contributed by atoms with Crippen molar-refractivity contribution in [2.24, 2.45) is 23.7 Å². The van der Waals surface area contributed by atoms with Crippen LogP contribution in [-0.4, -0.2) is 118 Å². The number of esters is 1. The number of rotatable bonds is 15. The average Bonchev–Trinajstić information content (AvgIpc) is 3.90. The van der Waals surface area contributed by atoms with Crippen molar-refractivity contribution in [3.05, 3.63) is 52.1 Å². The quantitative estimate of drug-likeness (QED) is 0.0692. The van der Waals surface area contributed by atoms with Crippen LogP contribution in [0.3, 0.4) is 0 Å². The van der Waals surface area contributed by atoms with Crippen molar-refractivity contribution in [3.8, 4) is 0 Å². The Labute approximate surface area is 382 Å². The number of amides is 3. The topological polar surface area (TPSA) is 228 Å². The molecule has 3 aliphatic rings. The first-order valence-corrected chi connectivity index (χ1v) is 23.6. The number of carboxylic acid groups (broad SMARTS) is 1. The van der Waals surface area contributed by atoms with E-state index < -0.39 is 87.9 Å². The summed E-state index contributed by atoms with van der Waals surface area (Å²) in [7, 11) is 5.77. The molecule has 63 heavy (non-hydrogen) atoms. The summed E-state index contributed by atoms with van der Waals surface area (Å²) in [5, 5.41) is 24.3. The summed E-state index contributed by atoms with van der Waals surface area (Å²) in [5.74, 6) is 0.0753. The zero-order valence-electron chi connectivity index (χ0n) is 37.7. The molecule has 5 N–H and O–H groups in total. The van der Waals surface area contributed by atoms with Gasteiger partial charge in [-0.05, 0) is 71.6 Å². The molecule has 1 aromatic carbocycles. The second-order valence-electron chi connectivity index (χ2n) is 17.9. The Morgan fingerprint density at radius 3 is 2.52 bits per heavy atom. The van der Waals surface area contributed by atoms with Gasteiger partial charge in [-0.3, -0.25) is 29.3 Å². The molecule has 0 radical (unpaired) electrons. The molecule has 0 aliphatic carbocycles. The van der Waals surface area contributed by atoms with Crippen molar-refractivity contribution in [1.82, 2.24) is 10.2 Å². The van der Waals surface area contributed by atoms with Crippen LogP contribution < -0.4 is 16.1 Å². The molecule has 0 aromatic heterocycles. The number of hydrogen-bond acceptors (Lipinski definition) is 14. The number of aliphatic carboxylic acids is 1. The molecule has 3 heterocycles. The smallest absolute Gasteiger partial charge is 0.409 e. The normalized spacial score (nSPS) is 28.9. The molecule has 2 saturated heterocycles. The third kappa shape index (κ3) is 13.5. The summed E-state index contributed by atoms with van der Waals surface area (Å²) in [5.41, 5.74) is 0.274. The van der Waals surface area contributed by atoms with Crippen LogP contribution in [-0.2, 0) is 49.4 Å². The monoisotopic (exact) mass is 938 g/mol. The molecule has 9 unspecified atom stereocenters. The molecule has 3 amide bonds. The molecule has 3 aliphatic heterocycles. The van der Waals surface area contributed by atoms with Gasteiger partial charge in [0, 0.05) is 55.7 Å². The maximum absolute atomic E-state index is 14.2. The van der Waals surface area contributed by atoms with Crippen molar-refractivity contribution < 1.29 is 58.0 Å². The molecule has 0 spiro atoms. The van der Waals surface area contributed by atoms with Crippen LogP contribution >= 0.6 is 33.2 Å². The van der Waals surface area contributed by atoms with Crippen LogP contribution in [0.1, 0.15) is 91.7 Å². The van der Waals surface area contributed by atoms with E-state index in [1.807, 2.05) is 65.0 Å². The molecular formula is C44H63ClN4O12S2. The van der Waals surface area contributed by atoms with E-state index in [1.165, 1.54) is 45.4 Å². The Morgan fingerprint density at radius 2 is 1.87 bits per heavy atom. The van der Waals surface area contributed by atoms with Gasteiger partial charge in [-0.25, -0.2) is 15.5 Å². The van der Waals surface area contributed by atoms with E-state index in [4.69, 9.17) is 31.7 Å². The van der Waals surface area contributed by atoms with Gasteiger partial charge in [0.15, 0.2) is 5.78 Å². The lowest BCUT2D eigenvalue weighted by Gasteiger charge is -2.41. The molecule has 2 fully saturated rings. The fourth-order valence-electron chi connectivity index (χ4n) is 7.71. The largest absolute Gasteiger partial charge is 0.481 e. The van der Waals surface area contributed by atoms with Gasteiger partial charge in [0.2, 0.25) is 11.8 Å². The fraction of sp³-hybridized carbons (Fsp3) is 0.636. The molecule has 0 saturated carbocycles. The van der Waals surface area contributed by atoms with Crippen LogP contribution in [0, 0.1) is 24.7 Å². The van der Waals surface area contributed by atoms with Gasteiger partial charge in [0.25, 0.3) is 0 Å². The van der Waals surface area contributed by atoms with Gasteiger partial charge < -0.3 is 34.2 Å². The number of ether oxygens (including phenoxy) is 3. The number of carboxylic acids is 1. The summed E-state index contributed by atoms with van der Waals surface area (Å²) >= 11 is 6.80. The van der Waals surface area contributed by atoms with Crippen molar-refractivity contribution in [1.29, 1.82) is 0 Å². The number of allylic oxidation sites excluding steroid dienone is 3. The molecule has 4 rings (SSSR count). The van der Waals surface area contributed by atoms with E-state index in [0.717, 1.165) is 16.7 Å². The highest BCUT2D eigenvalue weighted by Crippen LogP contribution is 2.49. The van der Waals surface area contributed by atoms with E-state index >= 15 is 0 Å². The Hall–Kier alpha value is -3.65. The number of nitrogens with one attached hydrogen (secondary N) is 1. The first-order chi connectivity index (χ1) is 29.3. The minimum atomic E-state index is -1.64. The van der Waals surface area contributed by atoms with Gasteiger partial charge in [-0.1, -0.05) is 76.9 Å². The number of hydrogen-bond donors (Lipinski definition) is 4. The standard InChI is InChI=1S/C44H63ClN4O12S2/c1-24-12-11-13-26(3)44(57)21-33(59-41(56)47-44)27(4)38-43(8,61-38)34(20-36(52)49(10)32-18-29(16-24)17-25(2)37(32)45)60-40(55)28(5)48(9)35(51)14-15-42(6,7)63-62-23-30(39(53)54)19-31(50)22-58-46/h11-13,17-18,26-28,30,33-34,38,57H,14-16,19-23,46H2,1-10H3,(H,47,56)(H,53,54)/b13-11+,24-12+. The number of epoxide rings is 1. The van der Waals surface area contributed by atoms with E-state index in [9.17, 15) is 39.0 Å². The number of fused-ring (bicyclic) bond motifs is 5. The third-order valence-corrected chi connectivity index (χ3v) is 16.1. The Bertz CT molecular complexity index is 1970. The second kappa shape index (κ2) is 21.6. The van der Waals surface area contributed by atoms with Crippen molar-refractivity contribution in [2.75, 3.05) is 31.4 Å². The lowest BCUT2D eigenvalue weighted by molar-refractivity contribution is -0.162. The Morgan fingerprint density at radius 1 is 1.19 bits per heavy atom. The highest BCUT2D eigenvalue weighted by atomic mass is 35.5. The summed E-state index contributed by atoms with van der Waals surface area (Å²) in [6.07, 6.45) is 2.65. The van der Waals surface area contributed by atoms with Crippen molar-refractivity contribution in [2.45, 2.75) is 134 Å². The lowest BCUT2D eigenvalue weighted by Crippen LogP contribution is -2.60. The maximum atomic E-state index is 14.2. The number of likely N-dealkylation sites (N-methyl/N-ethyl adjacent to an activating group) is 1. The number of nitrogens with two attached hydrogens (primary N) is 1. The van der Waals surface area contributed by atoms with Crippen molar-refractivity contribution in [3.63, 3.8) is 0 Å². The number of aliphatic hydroxyl groups is 1. The number of halogens is 1. The molecule has 1 aromatic rings. The van der Waals surface area contributed by atoms with E-state index in [1.54, 1.807) is 20.9 Å². The van der Waals surface area contributed by atoms with Crippen molar-refractivity contribution >= 4 is 74.5 Å². The molecule has 19 heteroatoms.